The quantitative estimate of drug-likeness (QED) is 0.0703. The van der Waals surface area contributed by atoms with E-state index < -0.39 is 59.0 Å². The van der Waals surface area contributed by atoms with Gasteiger partial charge in [-0.1, -0.05) is 81.2 Å². The molecule has 0 rings (SSSR count). The van der Waals surface area contributed by atoms with Crippen LogP contribution in [-0.2, 0) is 39.5 Å². The first-order valence-electron chi connectivity index (χ1n) is 16.6. The fraction of sp³-hybridized carbons (Fsp3) is 1.00. The molecule has 0 aromatic carbocycles. The highest BCUT2D eigenvalue weighted by atomic mass is 28.5. The molecule has 0 aliphatic rings. The number of aliphatic hydroxyl groups excluding tert-OH is 1. The molecule has 17 heteroatoms. The fourth-order valence-corrected chi connectivity index (χ4v) is 35.9. The van der Waals surface area contributed by atoms with E-state index in [2.05, 4.69) is 105 Å². The smallest absolute Gasteiger partial charge is 0.315 e. The zero-order chi connectivity index (χ0) is 35.6. The Kier molecular flexibility index (Phi) is 64.5. The van der Waals surface area contributed by atoms with Crippen LogP contribution in [0.2, 0.25) is 104 Å². The normalized spacial score (nSPS) is 12.3. The first kappa shape index (κ1) is 87.6. The van der Waals surface area contributed by atoms with Gasteiger partial charge in [-0.05, 0) is 117 Å². The highest BCUT2D eigenvalue weighted by Crippen LogP contribution is 2.28. The maximum absolute atomic E-state index is 8.78. The average molecular weight is 928 g/mol. The minimum Gasteiger partial charge on any atom is -0.437 e. The van der Waals surface area contributed by atoms with Gasteiger partial charge in [0.15, 0.2) is 16.6 Å². The first-order chi connectivity index (χ1) is 20.2. The highest BCUT2D eigenvalue weighted by Gasteiger charge is 2.44. The third kappa shape index (κ3) is 57.3. The Balaban J connectivity index is -0.0000000572. The van der Waals surface area contributed by atoms with Crippen LogP contribution < -0.4 is 0 Å². The van der Waals surface area contributed by atoms with Crippen LogP contribution in [0.25, 0.3) is 0 Å². The summed E-state index contributed by atoms with van der Waals surface area (Å²) >= 11 is 0. The van der Waals surface area contributed by atoms with Crippen molar-refractivity contribution in [3.63, 3.8) is 0 Å². The first-order valence-corrected chi connectivity index (χ1v) is 37.8. The van der Waals surface area contributed by atoms with Gasteiger partial charge in [0.1, 0.15) is 0 Å². The van der Waals surface area contributed by atoms with E-state index in [1.807, 2.05) is 0 Å². The minimum absolute atomic E-state index is 0. The summed E-state index contributed by atoms with van der Waals surface area (Å²) in [7, 11) is -12.1. The third-order valence-corrected chi connectivity index (χ3v) is 29.1. The number of hydrogen-bond acceptors (Lipinski definition) is 10. The van der Waals surface area contributed by atoms with Crippen molar-refractivity contribution >= 4 is 59.0 Å². The van der Waals surface area contributed by atoms with Gasteiger partial charge in [-0.3, -0.25) is 0 Å². The molecule has 1 unspecified atom stereocenters. The molecule has 0 aliphatic carbocycles. The maximum atomic E-state index is 8.78. The van der Waals surface area contributed by atoms with Crippen molar-refractivity contribution in [1.29, 1.82) is 0 Å². The Morgan fingerprint density at radius 3 is 1.15 bits per heavy atom. The topological polar surface area (TPSA) is 103 Å². The van der Waals surface area contributed by atoms with Gasteiger partial charge >= 0.3 is 25.7 Å². The summed E-state index contributed by atoms with van der Waals surface area (Å²) in [5.41, 5.74) is 0. The molecule has 0 saturated heterocycles. The van der Waals surface area contributed by atoms with E-state index in [0.717, 1.165) is 32.1 Å². The number of ether oxygens (including phenoxy) is 4. The van der Waals surface area contributed by atoms with Crippen molar-refractivity contribution in [1.82, 2.24) is 0 Å². The molecular formula is C38H114O10Si7. The van der Waals surface area contributed by atoms with Gasteiger partial charge in [-0.15, -0.1) is 0 Å². The standard InChI is InChI=1S/C15H40O5Si4.C13H34O5Si3.10CH4/c1-16-13-14-17-12-11-15-24(10,19-22(5,6)7)20-23(8,9)18-21(2,3)4;1-8-10-15-12-19(2,3)17-21(6,7)18-20(4,5)13-16-11-9-14;;;;;;;;;;/h11-15H2,1-10H3;14H,8-13H2,1-7H3;10*1H4. The molecule has 1 atom stereocenters. The SMILES string of the molecule is C.C.C.C.C.C.C.C.C.C.CCCOC[Si](C)(C)O[Si](C)(C)O[Si](C)(C)COCCO.COCCOCCC[Si](C)(O[Si](C)(C)C)O[Si](C)(C)O[Si](C)(C)C. The summed E-state index contributed by atoms with van der Waals surface area (Å²) in [4.78, 5) is 0. The van der Waals surface area contributed by atoms with E-state index in [4.69, 9.17) is 44.6 Å². The summed E-state index contributed by atoms with van der Waals surface area (Å²) in [6.45, 7) is 38.0. The Hall–Kier alpha value is 1.12. The predicted octanol–water partition coefficient (Wildman–Crippen LogP) is 13.5. The van der Waals surface area contributed by atoms with Gasteiger partial charge in [0.2, 0.25) is 16.6 Å². The average Bonchev–Trinajstić information content (AvgIpc) is 2.77. The molecular weight excluding hydrogens is 813 g/mol. The van der Waals surface area contributed by atoms with Gasteiger partial charge in [0, 0.05) is 20.3 Å². The van der Waals surface area contributed by atoms with Crippen molar-refractivity contribution in [3.8, 4) is 0 Å². The van der Waals surface area contributed by atoms with Crippen molar-refractivity contribution in [2.24, 2.45) is 0 Å². The monoisotopic (exact) mass is 927 g/mol. The van der Waals surface area contributed by atoms with Crippen LogP contribution in [0.1, 0.15) is 94.0 Å². The van der Waals surface area contributed by atoms with E-state index >= 15 is 0 Å². The number of rotatable bonds is 25. The van der Waals surface area contributed by atoms with E-state index in [9.17, 15) is 0 Å². The molecule has 1 N–H and O–H groups in total. The molecule has 0 saturated carbocycles. The molecule has 0 aromatic heterocycles. The Labute approximate surface area is 359 Å². The van der Waals surface area contributed by atoms with E-state index in [-0.39, 0.29) is 80.9 Å². The van der Waals surface area contributed by atoms with Crippen LogP contribution in [0.15, 0.2) is 0 Å². The summed E-state index contributed by atoms with van der Waals surface area (Å²) in [6, 6.07) is 0.940. The molecule has 55 heavy (non-hydrogen) atoms. The molecule has 0 spiro atoms. The number of hydrogen-bond donors (Lipinski definition) is 1. The van der Waals surface area contributed by atoms with E-state index in [1.54, 1.807) is 7.11 Å². The summed E-state index contributed by atoms with van der Waals surface area (Å²) < 4.78 is 54.0. The molecule has 0 aliphatic heterocycles. The van der Waals surface area contributed by atoms with Gasteiger partial charge in [0.05, 0.1) is 38.9 Å². The van der Waals surface area contributed by atoms with Crippen LogP contribution >= 0.6 is 0 Å². The largest absolute Gasteiger partial charge is 0.437 e. The van der Waals surface area contributed by atoms with Crippen LogP contribution in [-0.4, -0.2) is 123 Å². The van der Waals surface area contributed by atoms with Gasteiger partial charge < -0.3 is 44.6 Å². The molecule has 0 aromatic rings. The second-order valence-electron chi connectivity index (χ2n) is 15.7. The summed E-state index contributed by atoms with van der Waals surface area (Å²) in [5.74, 6) is 0. The highest BCUT2D eigenvalue weighted by molar-refractivity contribution is 6.89. The van der Waals surface area contributed by atoms with Crippen molar-refractivity contribution in [2.45, 2.75) is 198 Å². The van der Waals surface area contributed by atoms with Gasteiger partial charge in [-0.2, -0.15) is 0 Å². The Morgan fingerprint density at radius 2 is 0.800 bits per heavy atom. The fourth-order valence-electron chi connectivity index (χ4n) is 5.04. The lowest BCUT2D eigenvalue weighted by atomic mass is 10.5. The lowest BCUT2D eigenvalue weighted by Gasteiger charge is -2.41. The van der Waals surface area contributed by atoms with Gasteiger partial charge in [0.25, 0.3) is 0 Å². The van der Waals surface area contributed by atoms with Crippen molar-refractivity contribution < 1.29 is 44.6 Å². The lowest BCUT2D eigenvalue weighted by molar-refractivity contribution is 0.0703. The summed E-state index contributed by atoms with van der Waals surface area (Å²) in [6.07, 6.45) is 3.28. The molecule has 0 amide bonds. The van der Waals surface area contributed by atoms with Gasteiger partial charge in [-0.25, -0.2) is 0 Å². The molecule has 0 radical (unpaired) electrons. The van der Waals surface area contributed by atoms with Crippen LogP contribution in [0, 0.1) is 0 Å². The number of aliphatic hydroxyl groups is 1. The van der Waals surface area contributed by atoms with Crippen molar-refractivity contribution in [2.75, 3.05) is 59.2 Å². The number of methoxy groups -OCH3 is 1. The Bertz CT molecular complexity index is 743. The molecule has 0 heterocycles. The van der Waals surface area contributed by atoms with Crippen LogP contribution in [0.3, 0.4) is 0 Å². The van der Waals surface area contributed by atoms with E-state index in [0.29, 0.717) is 32.3 Å². The second kappa shape index (κ2) is 40.5. The van der Waals surface area contributed by atoms with Crippen LogP contribution in [0.4, 0.5) is 0 Å². The third-order valence-electron chi connectivity index (χ3n) is 5.41. The molecule has 354 valence electrons. The lowest BCUT2D eigenvalue weighted by Crippen LogP contribution is -2.56. The Morgan fingerprint density at radius 1 is 0.418 bits per heavy atom. The minimum atomic E-state index is -2.28. The second-order valence-corrected chi connectivity index (χ2v) is 44.2. The maximum Gasteiger partial charge on any atom is 0.315 e. The molecule has 10 nitrogen and oxygen atoms in total. The zero-order valence-electron chi connectivity index (χ0n) is 32.4. The predicted molar refractivity (Wildman–Crippen MR) is 272 cm³/mol. The van der Waals surface area contributed by atoms with E-state index in [1.165, 1.54) is 0 Å². The molecule has 0 bridgehead atoms. The van der Waals surface area contributed by atoms with Crippen molar-refractivity contribution in [3.05, 3.63) is 0 Å². The van der Waals surface area contributed by atoms with Crippen LogP contribution in [0.5, 0.6) is 0 Å². The summed E-state index contributed by atoms with van der Waals surface area (Å²) in [5, 5.41) is 8.78. The molecule has 0 fully saturated rings. The zero-order valence-corrected chi connectivity index (χ0v) is 39.4.